The Bertz CT molecular complexity index is 124. The van der Waals surface area contributed by atoms with Gasteiger partial charge >= 0.3 is 0 Å². The van der Waals surface area contributed by atoms with Gasteiger partial charge in [0.05, 0.1) is 0 Å². The van der Waals surface area contributed by atoms with Crippen molar-refractivity contribution in [2.75, 3.05) is 0 Å². The highest BCUT2D eigenvalue weighted by Gasteiger charge is 2.46. The first-order valence-corrected chi connectivity index (χ1v) is 4.44. The van der Waals surface area contributed by atoms with E-state index in [2.05, 4.69) is 0 Å². The third-order valence-electron chi connectivity index (χ3n) is 2.72. The Labute approximate surface area is 65.5 Å². The highest BCUT2D eigenvalue weighted by atomic mass is 35.5. The fourth-order valence-electron chi connectivity index (χ4n) is 2.17. The summed E-state index contributed by atoms with van der Waals surface area (Å²) in [7, 11) is 0. The molecule has 2 aliphatic carbocycles. The van der Waals surface area contributed by atoms with Gasteiger partial charge in [0.2, 0.25) is 0 Å². The highest BCUT2D eigenvalue weighted by Crippen LogP contribution is 2.49. The van der Waals surface area contributed by atoms with E-state index in [1.165, 1.54) is 19.3 Å². The van der Waals surface area contributed by atoms with Crippen molar-refractivity contribution in [3.63, 3.8) is 0 Å². The maximum absolute atomic E-state index is 6.09. The van der Waals surface area contributed by atoms with E-state index < -0.39 is 0 Å². The average Bonchev–Trinajstić information content (AvgIpc) is 2.25. The van der Waals surface area contributed by atoms with E-state index in [1.807, 2.05) is 0 Å². The predicted molar refractivity (Wildman–Crippen MR) is 40.1 cm³/mol. The molecule has 2 fully saturated rings. The van der Waals surface area contributed by atoms with Crippen molar-refractivity contribution in [3.8, 4) is 0 Å². The molecule has 9 heavy (non-hydrogen) atoms. The van der Waals surface area contributed by atoms with Crippen molar-refractivity contribution >= 4 is 23.2 Å². The molecule has 0 aliphatic heterocycles. The van der Waals surface area contributed by atoms with Gasteiger partial charge in [-0.05, 0) is 31.1 Å². The molecule has 0 aromatic rings. The molecule has 0 spiro atoms. The molecule has 0 N–H and O–H groups in total. The number of halogens is 2. The van der Waals surface area contributed by atoms with E-state index in [0.717, 1.165) is 5.92 Å². The lowest BCUT2D eigenvalue weighted by atomic mass is 10.0. The van der Waals surface area contributed by atoms with Gasteiger partial charge in [0.15, 0.2) is 0 Å². The quantitative estimate of drug-likeness (QED) is 0.484. The van der Waals surface area contributed by atoms with E-state index in [9.17, 15) is 0 Å². The van der Waals surface area contributed by atoms with Crippen molar-refractivity contribution in [3.05, 3.63) is 0 Å². The lowest BCUT2D eigenvalue weighted by Crippen LogP contribution is -2.11. The van der Waals surface area contributed by atoms with Crippen LogP contribution in [-0.2, 0) is 0 Å². The van der Waals surface area contributed by atoms with Crippen LogP contribution in [-0.4, -0.2) is 10.8 Å². The largest absolute Gasteiger partial charge is 0.123 e. The van der Waals surface area contributed by atoms with E-state index in [-0.39, 0.29) is 0 Å². The molecule has 52 valence electrons. The minimum atomic E-state index is 0.395. The first-order valence-electron chi connectivity index (χ1n) is 3.57. The van der Waals surface area contributed by atoms with Crippen molar-refractivity contribution in [2.45, 2.75) is 30.0 Å². The van der Waals surface area contributed by atoms with E-state index >= 15 is 0 Å². The van der Waals surface area contributed by atoms with Gasteiger partial charge in [0.25, 0.3) is 0 Å². The molecular weight excluding hydrogens is 155 g/mol. The lowest BCUT2D eigenvalue weighted by molar-refractivity contribution is 0.487. The molecule has 0 radical (unpaired) electrons. The van der Waals surface area contributed by atoms with E-state index in [1.54, 1.807) is 0 Å². The fourth-order valence-corrected chi connectivity index (χ4v) is 3.28. The van der Waals surface area contributed by atoms with Crippen LogP contribution in [0.15, 0.2) is 0 Å². The summed E-state index contributed by atoms with van der Waals surface area (Å²) >= 11 is 12.1. The van der Waals surface area contributed by atoms with Crippen LogP contribution in [0.1, 0.15) is 19.3 Å². The lowest BCUT2D eigenvalue weighted by Gasteiger charge is -2.13. The van der Waals surface area contributed by atoms with Crippen LogP contribution in [0.2, 0.25) is 0 Å². The molecule has 0 aromatic carbocycles. The van der Waals surface area contributed by atoms with Crippen LogP contribution < -0.4 is 0 Å². The van der Waals surface area contributed by atoms with Gasteiger partial charge in [-0.15, -0.1) is 23.2 Å². The third kappa shape index (κ3) is 0.798. The normalized spacial score (nSPS) is 56.7. The second-order valence-corrected chi connectivity index (χ2v) is 4.26. The Morgan fingerprint density at radius 2 is 1.89 bits per heavy atom. The van der Waals surface area contributed by atoms with Crippen LogP contribution in [0, 0.1) is 11.8 Å². The Morgan fingerprint density at radius 1 is 1.11 bits per heavy atom. The van der Waals surface area contributed by atoms with Crippen LogP contribution in [0.3, 0.4) is 0 Å². The molecule has 2 bridgehead atoms. The molecule has 4 atom stereocenters. The monoisotopic (exact) mass is 164 g/mol. The number of hydrogen-bond acceptors (Lipinski definition) is 0. The second-order valence-electron chi connectivity index (χ2n) is 3.20. The third-order valence-corrected chi connectivity index (χ3v) is 3.90. The van der Waals surface area contributed by atoms with Gasteiger partial charge in [-0.1, -0.05) is 0 Å². The highest BCUT2D eigenvalue weighted by molar-refractivity contribution is 6.25. The van der Waals surface area contributed by atoms with Gasteiger partial charge in [-0.25, -0.2) is 0 Å². The van der Waals surface area contributed by atoms with Gasteiger partial charge < -0.3 is 0 Å². The number of hydrogen-bond donors (Lipinski definition) is 0. The maximum Gasteiger partial charge on any atom is 0.0407 e. The van der Waals surface area contributed by atoms with Gasteiger partial charge in [-0.3, -0.25) is 0 Å². The molecule has 2 aliphatic rings. The average molecular weight is 165 g/mol. The van der Waals surface area contributed by atoms with Crippen LogP contribution >= 0.6 is 23.2 Å². The van der Waals surface area contributed by atoms with Crippen LogP contribution in [0.25, 0.3) is 0 Å². The smallest absolute Gasteiger partial charge is 0.0407 e. The summed E-state index contributed by atoms with van der Waals surface area (Å²) in [5, 5.41) is 0.804. The zero-order chi connectivity index (χ0) is 6.43. The Hall–Kier alpha value is 0.580. The first-order chi connectivity index (χ1) is 4.29. The summed E-state index contributed by atoms with van der Waals surface area (Å²) in [6.07, 6.45) is 3.76. The SMILES string of the molecule is ClC1CC2CCC1C2Cl. The van der Waals surface area contributed by atoms with Crippen LogP contribution in [0.4, 0.5) is 0 Å². The van der Waals surface area contributed by atoms with Crippen molar-refractivity contribution in [2.24, 2.45) is 11.8 Å². The minimum Gasteiger partial charge on any atom is -0.123 e. The predicted octanol–water partition coefficient (Wildman–Crippen LogP) is 2.63. The van der Waals surface area contributed by atoms with E-state index in [4.69, 9.17) is 23.2 Å². The molecule has 4 unspecified atom stereocenters. The summed E-state index contributed by atoms with van der Waals surface area (Å²) in [4.78, 5) is 0. The van der Waals surface area contributed by atoms with Gasteiger partial charge in [0, 0.05) is 10.8 Å². The fraction of sp³-hybridized carbons (Fsp3) is 1.00. The molecular formula is C7H10Cl2. The number of fused-ring (bicyclic) bond motifs is 2. The Balaban J connectivity index is 2.16. The summed E-state index contributed by atoms with van der Waals surface area (Å²) in [6.45, 7) is 0. The van der Waals surface area contributed by atoms with E-state index in [0.29, 0.717) is 16.7 Å². The maximum atomic E-state index is 6.09. The zero-order valence-electron chi connectivity index (χ0n) is 5.19. The van der Waals surface area contributed by atoms with Crippen molar-refractivity contribution in [1.29, 1.82) is 0 Å². The molecule has 0 amide bonds. The first kappa shape index (κ1) is 6.30. The summed E-state index contributed by atoms with van der Waals surface area (Å²) in [6, 6.07) is 0. The second kappa shape index (κ2) is 2.03. The summed E-state index contributed by atoms with van der Waals surface area (Å²) in [5.74, 6) is 1.39. The molecule has 2 rings (SSSR count). The van der Waals surface area contributed by atoms with Crippen LogP contribution in [0.5, 0.6) is 0 Å². The standard InChI is InChI=1S/C7H10Cl2/c8-6-3-4-1-2-5(6)7(4)9/h4-7H,1-3H2. The molecule has 0 nitrogen and oxygen atoms in total. The molecule has 0 heterocycles. The zero-order valence-corrected chi connectivity index (χ0v) is 6.70. The molecule has 0 aromatic heterocycles. The van der Waals surface area contributed by atoms with Crippen molar-refractivity contribution < 1.29 is 0 Å². The number of alkyl halides is 2. The van der Waals surface area contributed by atoms with Gasteiger partial charge in [-0.2, -0.15) is 0 Å². The molecule has 0 saturated heterocycles. The Morgan fingerprint density at radius 3 is 2.11 bits per heavy atom. The summed E-state index contributed by atoms with van der Waals surface area (Å²) in [5.41, 5.74) is 0. The summed E-state index contributed by atoms with van der Waals surface area (Å²) < 4.78 is 0. The minimum absolute atomic E-state index is 0.395. The molecule has 2 heteroatoms. The van der Waals surface area contributed by atoms with Gasteiger partial charge in [0.1, 0.15) is 0 Å². The molecule has 2 saturated carbocycles. The topological polar surface area (TPSA) is 0 Å². The Kier molecular flexibility index (Phi) is 1.42. The van der Waals surface area contributed by atoms with Crippen molar-refractivity contribution in [1.82, 2.24) is 0 Å². The number of rotatable bonds is 0.